The number of nitrogens with zero attached hydrogens (tertiary/aromatic N) is 3. The second-order valence-corrected chi connectivity index (χ2v) is 7.12. The number of nitrogens with one attached hydrogen (secondary N) is 1. The highest BCUT2D eigenvalue weighted by Gasteiger charge is 2.48. The maximum absolute atomic E-state index is 11.7. The summed E-state index contributed by atoms with van der Waals surface area (Å²) in [5.41, 5.74) is 1.88. The number of anilines is 1. The van der Waals surface area contributed by atoms with Gasteiger partial charge in [-0.1, -0.05) is 30.3 Å². The lowest BCUT2D eigenvalue weighted by molar-refractivity contribution is -0.137. The molecule has 1 amide bonds. The van der Waals surface area contributed by atoms with Crippen molar-refractivity contribution >= 4 is 11.9 Å². The number of amides is 1. The van der Waals surface area contributed by atoms with Gasteiger partial charge in [0.2, 0.25) is 11.9 Å². The summed E-state index contributed by atoms with van der Waals surface area (Å²) in [6.45, 7) is 0.892. The summed E-state index contributed by atoms with van der Waals surface area (Å²) in [7, 11) is 3.41. The normalized spacial score (nSPS) is 26.1. The van der Waals surface area contributed by atoms with Crippen LogP contribution >= 0.6 is 0 Å². The first-order valence-electron chi connectivity index (χ1n) is 9.32. The molecule has 0 aliphatic carbocycles. The molecule has 0 spiro atoms. The van der Waals surface area contributed by atoms with Crippen LogP contribution in [0.5, 0.6) is 0 Å². The minimum Gasteiger partial charge on any atom is -0.370 e. The quantitative estimate of drug-likeness (QED) is 0.801. The van der Waals surface area contributed by atoms with Crippen LogP contribution in [0.25, 0.3) is 11.3 Å². The Balaban J connectivity index is 1.38. The van der Waals surface area contributed by atoms with Crippen molar-refractivity contribution in [2.24, 2.45) is 0 Å². The molecular weight excluding hydrogens is 360 g/mol. The predicted octanol–water partition coefficient (Wildman–Crippen LogP) is 1.20. The summed E-state index contributed by atoms with van der Waals surface area (Å²) in [5.74, 6) is 0.452. The van der Waals surface area contributed by atoms with Gasteiger partial charge in [-0.3, -0.25) is 4.79 Å². The van der Waals surface area contributed by atoms with Crippen molar-refractivity contribution in [2.45, 2.75) is 24.4 Å². The molecule has 2 fully saturated rings. The zero-order valence-electron chi connectivity index (χ0n) is 15.9. The molecule has 2 aliphatic heterocycles. The van der Waals surface area contributed by atoms with E-state index in [4.69, 9.17) is 14.2 Å². The number of hydrogen-bond donors (Lipinski definition) is 1. The first-order chi connectivity index (χ1) is 13.6. The number of carbonyl (C=O) groups excluding carboxylic acids is 1. The molecule has 2 aliphatic rings. The molecule has 0 radical (unpaired) electrons. The van der Waals surface area contributed by atoms with Crippen LogP contribution in [0.2, 0.25) is 0 Å². The number of fused-ring (bicyclic) bond motifs is 1. The van der Waals surface area contributed by atoms with Gasteiger partial charge in [-0.25, -0.2) is 9.97 Å². The summed E-state index contributed by atoms with van der Waals surface area (Å²) < 4.78 is 17.5. The minimum absolute atomic E-state index is 0.0218. The van der Waals surface area contributed by atoms with E-state index in [1.165, 1.54) is 4.90 Å². The Kier molecular flexibility index (Phi) is 5.52. The highest BCUT2D eigenvalue weighted by molar-refractivity contribution is 5.76. The van der Waals surface area contributed by atoms with Crippen LogP contribution in [-0.4, -0.2) is 79.0 Å². The minimum atomic E-state index is -0.253. The number of ether oxygens (including phenoxy) is 3. The molecule has 8 heteroatoms. The molecule has 3 heterocycles. The molecule has 1 N–H and O–H groups in total. The van der Waals surface area contributed by atoms with Gasteiger partial charge in [0.1, 0.15) is 24.9 Å². The molecule has 2 saturated heterocycles. The van der Waals surface area contributed by atoms with Crippen LogP contribution in [0.1, 0.15) is 0 Å². The highest BCUT2D eigenvalue weighted by Crippen LogP contribution is 2.30. The largest absolute Gasteiger partial charge is 0.370 e. The van der Waals surface area contributed by atoms with Crippen molar-refractivity contribution in [1.82, 2.24) is 14.9 Å². The number of carbonyl (C=O) groups is 1. The van der Waals surface area contributed by atoms with E-state index in [2.05, 4.69) is 15.3 Å². The maximum atomic E-state index is 11.7. The third kappa shape index (κ3) is 3.99. The van der Waals surface area contributed by atoms with Gasteiger partial charge in [0.05, 0.1) is 24.9 Å². The van der Waals surface area contributed by atoms with E-state index in [1.807, 2.05) is 36.4 Å². The standard InChI is InChI=1S/C20H24N4O4/c1-24(2)17(25)12-26-16-11-28-18-15(10-27-19(16)18)23-20-21-9-8-14(22-20)13-6-4-3-5-7-13/h3-9,15-16,18-19H,10-12H2,1-2H3,(H,21,22,23). The first-order valence-corrected chi connectivity index (χ1v) is 9.32. The van der Waals surface area contributed by atoms with Crippen molar-refractivity contribution < 1.29 is 19.0 Å². The molecule has 28 heavy (non-hydrogen) atoms. The average Bonchev–Trinajstić information content (AvgIpc) is 3.30. The van der Waals surface area contributed by atoms with Gasteiger partial charge in [-0.05, 0) is 6.07 Å². The summed E-state index contributed by atoms with van der Waals surface area (Å²) in [6.07, 6.45) is 1.12. The SMILES string of the molecule is CN(C)C(=O)COC1COC2C(Nc3nccc(-c4ccccc4)n3)COC12. The van der Waals surface area contributed by atoms with Crippen LogP contribution in [0.3, 0.4) is 0 Å². The molecular formula is C20H24N4O4. The Morgan fingerprint density at radius 1 is 1.18 bits per heavy atom. The monoisotopic (exact) mass is 384 g/mol. The summed E-state index contributed by atoms with van der Waals surface area (Å²) in [4.78, 5) is 22.2. The Hall–Kier alpha value is -2.55. The number of likely N-dealkylation sites (N-methyl/N-ethyl adjacent to an activating group) is 1. The Morgan fingerprint density at radius 2 is 1.96 bits per heavy atom. The van der Waals surface area contributed by atoms with E-state index in [1.54, 1.807) is 20.3 Å². The summed E-state index contributed by atoms with van der Waals surface area (Å²) in [6, 6.07) is 11.8. The molecule has 0 saturated carbocycles. The smallest absolute Gasteiger partial charge is 0.248 e. The number of aromatic nitrogens is 2. The molecule has 2 aromatic rings. The van der Waals surface area contributed by atoms with E-state index in [0.29, 0.717) is 19.2 Å². The van der Waals surface area contributed by atoms with Crippen molar-refractivity contribution in [3.05, 3.63) is 42.6 Å². The second kappa shape index (κ2) is 8.22. The van der Waals surface area contributed by atoms with Gasteiger partial charge in [0.15, 0.2) is 0 Å². The molecule has 4 rings (SSSR count). The fraction of sp³-hybridized carbons (Fsp3) is 0.450. The topological polar surface area (TPSA) is 85.8 Å². The number of benzene rings is 1. The third-order valence-electron chi connectivity index (χ3n) is 4.97. The van der Waals surface area contributed by atoms with Gasteiger partial charge in [-0.15, -0.1) is 0 Å². The number of rotatable bonds is 6. The van der Waals surface area contributed by atoms with Gasteiger partial charge < -0.3 is 24.4 Å². The van der Waals surface area contributed by atoms with Crippen LogP contribution in [0, 0.1) is 0 Å². The van der Waals surface area contributed by atoms with Crippen LogP contribution in [0.4, 0.5) is 5.95 Å². The zero-order valence-corrected chi connectivity index (χ0v) is 15.9. The predicted molar refractivity (Wildman–Crippen MR) is 103 cm³/mol. The van der Waals surface area contributed by atoms with Crippen molar-refractivity contribution in [3.63, 3.8) is 0 Å². The Labute approximate surface area is 163 Å². The molecule has 1 aromatic carbocycles. The van der Waals surface area contributed by atoms with E-state index < -0.39 is 0 Å². The van der Waals surface area contributed by atoms with Crippen LogP contribution in [-0.2, 0) is 19.0 Å². The average molecular weight is 384 g/mol. The molecule has 148 valence electrons. The molecule has 1 aromatic heterocycles. The fourth-order valence-corrected chi connectivity index (χ4v) is 3.40. The van der Waals surface area contributed by atoms with Crippen LogP contribution < -0.4 is 5.32 Å². The van der Waals surface area contributed by atoms with Gasteiger partial charge in [0.25, 0.3) is 0 Å². The van der Waals surface area contributed by atoms with E-state index in [0.717, 1.165) is 11.3 Å². The highest BCUT2D eigenvalue weighted by atomic mass is 16.6. The molecule has 8 nitrogen and oxygen atoms in total. The van der Waals surface area contributed by atoms with Gasteiger partial charge in [-0.2, -0.15) is 0 Å². The zero-order chi connectivity index (χ0) is 19.5. The lowest BCUT2D eigenvalue weighted by Gasteiger charge is -2.18. The van der Waals surface area contributed by atoms with Crippen molar-refractivity contribution in [1.29, 1.82) is 0 Å². The van der Waals surface area contributed by atoms with E-state index in [9.17, 15) is 4.79 Å². The van der Waals surface area contributed by atoms with E-state index >= 15 is 0 Å². The van der Waals surface area contributed by atoms with Gasteiger partial charge >= 0.3 is 0 Å². The summed E-state index contributed by atoms with van der Waals surface area (Å²) in [5, 5.41) is 3.32. The summed E-state index contributed by atoms with van der Waals surface area (Å²) >= 11 is 0. The lowest BCUT2D eigenvalue weighted by atomic mass is 10.1. The molecule has 4 atom stereocenters. The fourth-order valence-electron chi connectivity index (χ4n) is 3.40. The third-order valence-corrected chi connectivity index (χ3v) is 4.97. The Morgan fingerprint density at radius 3 is 2.75 bits per heavy atom. The Bertz CT molecular complexity index is 817. The number of hydrogen-bond acceptors (Lipinski definition) is 7. The molecule has 4 unspecified atom stereocenters. The van der Waals surface area contributed by atoms with Gasteiger partial charge in [0, 0.05) is 25.9 Å². The second-order valence-electron chi connectivity index (χ2n) is 7.12. The van der Waals surface area contributed by atoms with E-state index in [-0.39, 0.29) is 36.9 Å². The lowest BCUT2D eigenvalue weighted by Crippen LogP contribution is -2.38. The van der Waals surface area contributed by atoms with Crippen molar-refractivity contribution in [2.75, 3.05) is 39.2 Å². The van der Waals surface area contributed by atoms with Crippen LogP contribution in [0.15, 0.2) is 42.6 Å². The van der Waals surface area contributed by atoms with Crippen molar-refractivity contribution in [3.8, 4) is 11.3 Å². The first kappa shape index (κ1) is 18.8. The maximum Gasteiger partial charge on any atom is 0.248 e. The molecule has 0 bridgehead atoms.